The van der Waals surface area contributed by atoms with Gasteiger partial charge >= 0.3 is 0 Å². The van der Waals surface area contributed by atoms with E-state index in [0.29, 0.717) is 0 Å². The van der Waals surface area contributed by atoms with Crippen molar-refractivity contribution in [2.24, 2.45) is 0 Å². The molecule has 0 saturated carbocycles. The van der Waals surface area contributed by atoms with Gasteiger partial charge in [-0.05, 0) is 207 Å². The van der Waals surface area contributed by atoms with Crippen LogP contribution in [0.2, 0.25) is 0 Å². The number of benzene rings is 11. The van der Waals surface area contributed by atoms with Crippen LogP contribution >= 0.6 is 0 Å². The lowest BCUT2D eigenvalue weighted by atomic mass is 9.77. The third kappa shape index (κ3) is 7.57. The van der Waals surface area contributed by atoms with Gasteiger partial charge in [-0.15, -0.1) is 0 Å². The molecule has 2 nitrogen and oxygen atoms in total. The monoisotopic (exact) mass is 1010 g/mol. The van der Waals surface area contributed by atoms with E-state index < -0.39 is 5.41 Å². The molecular formula is C76H66N2. The largest absolute Gasteiger partial charge is 0.310 e. The van der Waals surface area contributed by atoms with Gasteiger partial charge in [-0.25, -0.2) is 0 Å². The van der Waals surface area contributed by atoms with Crippen molar-refractivity contribution in [1.82, 2.24) is 0 Å². The molecule has 2 heteroatoms. The van der Waals surface area contributed by atoms with Gasteiger partial charge in [0.05, 0.1) is 6.07 Å². The third-order valence-electron chi connectivity index (χ3n) is 18.7. The standard InChI is InChI=1S/C76H66N2/c1-10-73(3,4)54-30-35-57(36-31-54)78(56-33-26-49(27-34-56)51-28-38-61-62-40-32-55(74(5,6)11-2)45-70(62)76(9,47-77)69(61)43-51)58-37-41-60-59-39-29-53(44-67(59)75(7,8)68(60)46-58)72-65-22-16-14-20-63(65)71(64-21-15-17-23-66(64)72)52-25-24-48-18-12-13-19-50(48)42-52/h12-46H,10-11H2,1-9H3. The summed E-state index contributed by atoms with van der Waals surface area (Å²) in [5.41, 5.74) is 22.0. The summed E-state index contributed by atoms with van der Waals surface area (Å²) in [6.45, 7) is 20.7. The number of anilines is 3. The van der Waals surface area contributed by atoms with Crippen molar-refractivity contribution >= 4 is 49.4 Å². The lowest BCUT2D eigenvalue weighted by molar-refractivity contribution is 0.505. The van der Waals surface area contributed by atoms with Gasteiger partial charge < -0.3 is 4.90 Å². The quantitative estimate of drug-likeness (QED) is 0.128. The Hall–Kier alpha value is -8.51. The minimum Gasteiger partial charge on any atom is -0.310 e. The molecule has 2 aliphatic carbocycles. The van der Waals surface area contributed by atoms with E-state index in [0.717, 1.165) is 57.7 Å². The second-order valence-corrected chi connectivity index (χ2v) is 24.2. The van der Waals surface area contributed by atoms with Gasteiger partial charge in [0, 0.05) is 22.5 Å². The normalized spacial score (nSPS) is 15.2. The molecule has 1 atom stereocenters. The molecule has 11 aromatic rings. The van der Waals surface area contributed by atoms with Crippen molar-refractivity contribution in [3.63, 3.8) is 0 Å². The second-order valence-electron chi connectivity index (χ2n) is 24.2. The first-order valence-corrected chi connectivity index (χ1v) is 28.1. The molecule has 380 valence electrons. The average Bonchev–Trinajstić information content (AvgIpc) is 4.08. The van der Waals surface area contributed by atoms with Crippen molar-refractivity contribution in [2.75, 3.05) is 4.90 Å². The maximum Gasteiger partial charge on any atom is 0.106 e. The SMILES string of the molecule is CCC(C)(C)c1ccc(N(c2ccc(-c3ccc4c(c3)C(C)(C#N)c3cc(C(C)(C)CC)ccc3-4)cc2)c2ccc3c(c2)C(C)(C)c2cc(-c4c5ccccc5c(-c5ccc6ccccc6c5)c5ccccc45)ccc2-3)cc1. The molecule has 78 heavy (non-hydrogen) atoms. The predicted octanol–water partition coefficient (Wildman–Crippen LogP) is 21.1. The van der Waals surface area contributed by atoms with Crippen LogP contribution in [-0.2, 0) is 21.7 Å². The summed E-state index contributed by atoms with van der Waals surface area (Å²) in [5, 5.41) is 18.5. The zero-order valence-corrected chi connectivity index (χ0v) is 46.5. The molecule has 11 aromatic carbocycles. The minimum atomic E-state index is -0.744. The maximum absolute atomic E-state index is 10.9. The van der Waals surface area contributed by atoms with Crippen LogP contribution in [0.3, 0.4) is 0 Å². The van der Waals surface area contributed by atoms with E-state index in [9.17, 15) is 5.26 Å². The molecule has 0 spiro atoms. The number of hydrogen-bond acceptors (Lipinski definition) is 2. The second kappa shape index (κ2) is 18.0. The number of nitrogens with zero attached hydrogens (tertiary/aromatic N) is 2. The van der Waals surface area contributed by atoms with Crippen LogP contribution in [0.4, 0.5) is 17.1 Å². The van der Waals surface area contributed by atoms with Crippen LogP contribution in [0.25, 0.3) is 88.0 Å². The highest BCUT2D eigenvalue weighted by molar-refractivity contribution is 6.22. The van der Waals surface area contributed by atoms with Gasteiger partial charge in [-0.2, -0.15) is 5.26 Å². The first-order valence-electron chi connectivity index (χ1n) is 28.1. The topological polar surface area (TPSA) is 27.0 Å². The lowest BCUT2D eigenvalue weighted by Gasteiger charge is -2.29. The van der Waals surface area contributed by atoms with E-state index in [2.05, 4.69) is 286 Å². The highest BCUT2D eigenvalue weighted by Crippen LogP contribution is 2.54. The molecule has 2 aliphatic rings. The smallest absolute Gasteiger partial charge is 0.106 e. The Kier molecular flexibility index (Phi) is 11.4. The summed E-state index contributed by atoms with van der Waals surface area (Å²) >= 11 is 0. The fraction of sp³-hybridized carbons (Fsp3) is 0.197. The van der Waals surface area contributed by atoms with Crippen molar-refractivity contribution in [1.29, 1.82) is 5.26 Å². The van der Waals surface area contributed by atoms with Gasteiger partial charge in [0.1, 0.15) is 5.41 Å². The van der Waals surface area contributed by atoms with Crippen LogP contribution in [0, 0.1) is 11.3 Å². The van der Waals surface area contributed by atoms with Gasteiger partial charge in [-0.3, -0.25) is 0 Å². The Morgan fingerprint density at radius 2 is 0.795 bits per heavy atom. The van der Waals surface area contributed by atoms with E-state index >= 15 is 0 Å². The summed E-state index contributed by atoms with van der Waals surface area (Å²) in [6, 6.07) is 82.5. The van der Waals surface area contributed by atoms with Crippen molar-refractivity contribution in [2.45, 2.75) is 96.8 Å². The predicted molar refractivity (Wildman–Crippen MR) is 332 cm³/mol. The van der Waals surface area contributed by atoms with Gasteiger partial charge in [0.15, 0.2) is 0 Å². The summed E-state index contributed by atoms with van der Waals surface area (Å²) in [6.07, 6.45) is 2.09. The number of hydrogen-bond donors (Lipinski definition) is 0. The Bertz CT molecular complexity index is 4220. The van der Waals surface area contributed by atoms with Crippen molar-refractivity contribution < 1.29 is 0 Å². The first kappa shape index (κ1) is 49.1. The zero-order valence-electron chi connectivity index (χ0n) is 46.5. The molecular weight excluding hydrogens is 941 g/mol. The lowest BCUT2D eigenvalue weighted by Crippen LogP contribution is -2.20. The van der Waals surface area contributed by atoms with E-state index in [1.807, 2.05) is 0 Å². The highest BCUT2D eigenvalue weighted by atomic mass is 15.1. The van der Waals surface area contributed by atoms with E-state index in [4.69, 9.17) is 0 Å². The number of fused-ring (bicyclic) bond motifs is 9. The van der Waals surface area contributed by atoms with Gasteiger partial charge in [-0.1, -0.05) is 213 Å². The molecule has 0 N–H and O–H groups in total. The highest BCUT2D eigenvalue weighted by Gasteiger charge is 2.41. The van der Waals surface area contributed by atoms with Crippen LogP contribution in [-0.4, -0.2) is 0 Å². The summed E-state index contributed by atoms with van der Waals surface area (Å²) in [4.78, 5) is 2.42. The molecule has 0 radical (unpaired) electrons. The molecule has 0 heterocycles. The van der Waals surface area contributed by atoms with Crippen molar-refractivity contribution in [3.05, 3.63) is 246 Å². The van der Waals surface area contributed by atoms with Crippen molar-refractivity contribution in [3.8, 4) is 61.7 Å². The molecule has 1 unspecified atom stereocenters. The molecule has 0 saturated heterocycles. The molecule has 0 aromatic heterocycles. The Balaban J connectivity index is 0.885. The Labute approximate surface area is 461 Å². The van der Waals surface area contributed by atoms with E-state index in [-0.39, 0.29) is 16.2 Å². The fourth-order valence-corrected chi connectivity index (χ4v) is 13.1. The first-order chi connectivity index (χ1) is 37.6. The zero-order chi connectivity index (χ0) is 53.9. The van der Waals surface area contributed by atoms with E-state index in [1.54, 1.807) is 0 Å². The third-order valence-corrected chi connectivity index (χ3v) is 18.7. The Morgan fingerprint density at radius 3 is 1.38 bits per heavy atom. The minimum absolute atomic E-state index is 0.0285. The average molecular weight is 1010 g/mol. The molecule has 13 rings (SSSR count). The van der Waals surface area contributed by atoms with Crippen LogP contribution in [0.1, 0.15) is 109 Å². The number of nitriles is 1. The van der Waals surface area contributed by atoms with Gasteiger partial charge in [0.25, 0.3) is 0 Å². The van der Waals surface area contributed by atoms with Crippen LogP contribution < -0.4 is 4.90 Å². The Morgan fingerprint density at radius 1 is 0.385 bits per heavy atom. The summed E-state index contributed by atoms with van der Waals surface area (Å²) in [7, 11) is 0. The van der Waals surface area contributed by atoms with Gasteiger partial charge in [0.2, 0.25) is 0 Å². The summed E-state index contributed by atoms with van der Waals surface area (Å²) < 4.78 is 0. The molecule has 0 fully saturated rings. The maximum atomic E-state index is 10.9. The van der Waals surface area contributed by atoms with E-state index in [1.165, 1.54) is 93.5 Å². The number of rotatable bonds is 10. The van der Waals surface area contributed by atoms with Crippen LogP contribution in [0.15, 0.2) is 212 Å². The fourth-order valence-electron chi connectivity index (χ4n) is 13.1. The van der Waals surface area contributed by atoms with Crippen LogP contribution in [0.5, 0.6) is 0 Å². The molecule has 0 amide bonds. The molecule has 0 aliphatic heterocycles. The summed E-state index contributed by atoms with van der Waals surface area (Å²) in [5.74, 6) is 0. The molecule has 0 bridgehead atoms.